The number of hydrogen-bond donors (Lipinski definition) is 4. The predicted molar refractivity (Wildman–Crippen MR) is 147 cm³/mol. The lowest BCUT2D eigenvalue weighted by atomic mass is 10.1. The Balaban J connectivity index is 4.45. The van der Waals surface area contributed by atoms with Crippen molar-refractivity contribution in [1.29, 1.82) is 0 Å². The topological polar surface area (TPSA) is 146 Å². The van der Waals surface area contributed by atoms with Gasteiger partial charge in [-0.25, -0.2) is 9.59 Å². The molecule has 0 saturated heterocycles. The number of alkyl carbamates (subject to hydrolysis) is 2. The summed E-state index contributed by atoms with van der Waals surface area (Å²) in [6, 6.07) is -0.204. The maximum Gasteiger partial charge on any atom is 0.407 e. The van der Waals surface area contributed by atoms with E-state index in [0.29, 0.717) is 25.9 Å². The summed E-state index contributed by atoms with van der Waals surface area (Å²) in [6.07, 6.45) is 2.49. The molecular weight excluding hydrogens is 492 g/mol. The molecule has 0 heterocycles. The molecule has 0 aliphatic heterocycles. The van der Waals surface area contributed by atoms with Crippen LogP contribution < -0.4 is 16.0 Å². The number of nitrogens with one attached hydrogen (secondary N) is 3. The van der Waals surface area contributed by atoms with Gasteiger partial charge in [-0.3, -0.25) is 9.59 Å². The van der Waals surface area contributed by atoms with E-state index < -0.39 is 29.4 Å². The molecule has 222 valence electrons. The molecule has 0 radical (unpaired) electrons. The highest BCUT2D eigenvalue weighted by Crippen LogP contribution is 2.09. The monoisotopic (exact) mass is 544 g/mol. The Morgan fingerprint density at radius 2 is 1.26 bits per heavy atom. The first-order valence-corrected chi connectivity index (χ1v) is 13.7. The van der Waals surface area contributed by atoms with E-state index in [1.54, 1.807) is 25.7 Å². The van der Waals surface area contributed by atoms with Gasteiger partial charge in [0.05, 0.1) is 0 Å². The number of carboxylic acids is 1. The maximum absolute atomic E-state index is 12.7. The van der Waals surface area contributed by atoms with Crippen molar-refractivity contribution in [3.8, 4) is 0 Å². The summed E-state index contributed by atoms with van der Waals surface area (Å²) in [5.41, 5.74) is -1.11. The van der Waals surface area contributed by atoms with Gasteiger partial charge in [-0.15, -0.1) is 0 Å². The molecule has 0 aromatic carbocycles. The average Bonchev–Trinajstić information content (AvgIpc) is 2.71. The third-order valence-corrected chi connectivity index (χ3v) is 5.28. The summed E-state index contributed by atoms with van der Waals surface area (Å²) in [7, 11) is 0. The lowest BCUT2D eigenvalue weighted by Gasteiger charge is -2.26. The minimum absolute atomic E-state index is 0.0208. The largest absolute Gasteiger partial charge is 0.481 e. The van der Waals surface area contributed by atoms with Crippen LogP contribution in [0.2, 0.25) is 0 Å². The molecule has 38 heavy (non-hydrogen) atoms. The van der Waals surface area contributed by atoms with Crippen LogP contribution in [0.5, 0.6) is 0 Å². The van der Waals surface area contributed by atoms with Crippen molar-refractivity contribution >= 4 is 24.1 Å². The van der Waals surface area contributed by atoms with Crippen LogP contribution in [0.3, 0.4) is 0 Å². The molecule has 0 fully saturated rings. The normalized spacial score (nSPS) is 13.3. The molecule has 0 aliphatic rings. The minimum Gasteiger partial charge on any atom is -0.481 e. The zero-order valence-electron chi connectivity index (χ0n) is 24.8. The highest BCUT2D eigenvalue weighted by molar-refractivity contribution is 5.77. The van der Waals surface area contributed by atoms with E-state index in [9.17, 15) is 19.2 Å². The van der Waals surface area contributed by atoms with Crippen LogP contribution in [0.25, 0.3) is 0 Å². The van der Waals surface area contributed by atoms with Crippen LogP contribution in [0.15, 0.2) is 0 Å². The van der Waals surface area contributed by atoms with Crippen LogP contribution in [-0.4, -0.2) is 83.5 Å². The standard InChI is InChI=1S/C27H52N4O7/c1-20(29-24(35)37-26(3,4)5)14-17-28-16-9-10-18-31(22(32)12-11-13-23(33)34)19-15-21(2)30-25(36)38-27(6,7)8/h20-21,28H,9-19H2,1-8H3,(H,29,35)(H,30,36)(H,33,34). The zero-order valence-corrected chi connectivity index (χ0v) is 24.8. The Labute approximate surface area is 228 Å². The molecule has 11 heteroatoms. The number of carbonyl (C=O) groups is 4. The molecule has 0 rings (SSSR count). The van der Waals surface area contributed by atoms with E-state index in [1.807, 2.05) is 34.6 Å². The van der Waals surface area contributed by atoms with Gasteiger partial charge in [-0.2, -0.15) is 0 Å². The number of nitrogens with zero attached hydrogens (tertiary/aromatic N) is 1. The van der Waals surface area contributed by atoms with Crippen LogP contribution in [-0.2, 0) is 19.1 Å². The summed E-state index contributed by atoms with van der Waals surface area (Å²) in [6.45, 7) is 17.2. The highest BCUT2D eigenvalue weighted by atomic mass is 16.6. The van der Waals surface area contributed by atoms with Gasteiger partial charge in [0.15, 0.2) is 0 Å². The molecule has 11 nitrogen and oxygen atoms in total. The molecule has 0 spiro atoms. The van der Waals surface area contributed by atoms with Gasteiger partial charge in [0.25, 0.3) is 0 Å². The lowest BCUT2D eigenvalue weighted by Crippen LogP contribution is -2.41. The van der Waals surface area contributed by atoms with Crippen molar-refractivity contribution in [2.45, 2.75) is 124 Å². The molecule has 2 atom stereocenters. The smallest absolute Gasteiger partial charge is 0.407 e. The Hall–Kier alpha value is -2.56. The van der Waals surface area contributed by atoms with E-state index >= 15 is 0 Å². The van der Waals surface area contributed by atoms with Crippen LogP contribution in [0, 0.1) is 0 Å². The van der Waals surface area contributed by atoms with E-state index in [-0.39, 0.29) is 30.8 Å². The van der Waals surface area contributed by atoms with Gasteiger partial charge in [0, 0.05) is 38.0 Å². The predicted octanol–water partition coefficient (Wildman–Crippen LogP) is 4.05. The third kappa shape index (κ3) is 21.5. The summed E-state index contributed by atoms with van der Waals surface area (Å²) in [5, 5.41) is 17.8. The quantitative estimate of drug-likeness (QED) is 0.201. The summed E-state index contributed by atoms with van der Waals surface area (Å²) in [5.74, 6) is -0.994. The van der Waals surface area contributed by atoms with E-state index in [2.05, 4.69) is 16.0 Å². The SMILES string of the molecule is CC(CCNCCCCN(CCC(C)NC(=O)OC(C)(C)C)C(=O)CCCC(=O)O)NC(=O)OC(C)(C)C. The average molecular weight is 545 g/mol. The molecule has 3 amide bonds. The number of unbranched alkanes of at least 4 members (excludes halogenated alkanes) is 1. The molecule has 4 N–H and O–H groups in total. The Morgan fingerprint density at radius 1 is 0.737 bits per heavy atom. The Bertz CT molecular complexity index is 732. The zero-order chi connectivity index (χ0) is 29.4. The molecule has 0 saturated carbocycles. The summed E-state index contributed by atoms with van der Waals surface area (Å²) in [4.78, 5) is 49.1. The number of amides is 3. The number of hydrogen-bond acceptors (Lipinski definition) is 7. The number of ether oxygens (including phenoxy) is 2. The number of rotatable bonds is 17. The van der Waals surface area contributed by atoms with Crippen molar-refractivity contribution in [3.63, 3.8) is 0 Å². The van der Waals surface area contributed by atoms with Gasteiger partial charge >= 0.3 is 18.2 Å². The van der Waals surface area contributed by atoms with Crippen molar-refractivity contribution in [2.75, 3.05) is 26.2 Å². The van der Waals surface area contributed by atoms with Gasteiger partial charge in [-0.05, 0) is 101 Å². The highest BCUT2D eigenvalue weighted by Gasteiger charge is 2.20. The molecule has 0 aromatic heterocycles. The number of aliphatic carboxylic acids is 1. The molecule has 0 aliphatic carbocycles. The van der Waals surface area contributed by atoms with Crippen molar-refractivity contribution in [3.05, 3.63) is 0 Å². The van der Waals surface area contributed by atoms with Gasteiger partial charge in [0.2, 0.25) is 5.91 Å². The fourth-order valence-corrected chi connectivity index (χ4v) is 3.42. The van der Waals surface area contributed by atoms with Gasteiger partial charge in [0.1, 0.15) is 11.2 Å². The first-order valence-electron chi connectivity index (χ1n) is 13.7. The fourth-order valence-electron chi connectivity index (χ4n) is 3.42. The number of carboxylic acid groups (broad SMARTS) is 1. The Kier molecular flexibility index (Phi) is 16.7. The van der Waals surface area contributed by atoms with Crippen molar-refractivity contribution in [1.82, 2.24) is 20.9 Å². The van der Waals surface area contributed by atoms with Gasteiger partial charge in [-0.1, -0.05) is 0 Å². The second-order valence-corrected chi connectivity index (χ2v) is 11.8. The maximum atomic E-state index is 12.7. The lowest BCUT2D eigenvalue weighted by molar-refractivity contribution is -0.137. The third-order valence-electron chi connectivity index (χ3n) is 5.28. The molecule has 0 aromatic rings. The first-order chi connectivity index (χ1) is 17.5. The first kappa shape index (κ1) is 35.4. The van der Waals surface area contributed by atoms with Gasteiger partial charge < -0.3 is 35.4 Å². The molecule has 2 unspecified atom stereocenters. The molecular formula is C27H52N4O7. The summed E-state index contributed by atoms with van der Waals surface area (Å²) < 4.78 is 10.5. The minimum atomic E-state index is -0.916. The van der Waals surface area contributed by atoms with Crippen molar-refractivity contribution < 1.29 is 33.8 Å². The fraction of sp³-hybridized carbons (Fsp3) is 0.852. The number of carbonyl (C=O) groups excluding carboxylic acids is 3. The van der Waals surface area contributed by atoms with E-state index in [4.69, 9.17) is 14.6 Å². The molecule has 0 bridgehead atoms. The van der Waals surface area contributed by atoms with Crippen LogP contribution in [0.4, 0.5) is 9.59 Å². The van der Waals surface area contributed by atoms with Crippen LogP contribution >= 0.6 is 0 Å². The van der Waals surface area contributed by atoms with Crippen LogP contribution in [0.1, 0.15) is 100 Å². The van der Waals surface area contributed by atoms with Crippen molar-refractivity contribution in [2.24, 2.45) is 0 Å². The second kappa shape index (κ2) is 17.9. The second-order valence-electron chi connectivity index (χ2n) is 11.8. The van der Waals surface area contributed by atoms with E-state index in [0.717, 1.165) is 32.4 Å². The Morgan fingerprint density at radius 3 is 1.76 bits per heavy atom. The van der Waals surface area contributed by atoms with E-state index in [1.165, 1.54) is 0 Å². The summed E-state index contributed by atoms with van der Waals surface area (Å²) >= 11 is 0.